The Morgan fingerprint density at radius 3 is 2.44 bits per heavy atom. The lowest BCUT2D eigenvalue weighted by molar-refractivity contribution is -0.358. The average molecular weight is 880 g/mol. The van der Waals surface area contributed by atoms with Gasteiger partial charge in [-0.2, -0.15) is 0 Å². The first-order valence-electron chi connectivity index (χ1n) is 25.5. The van der Waals surface area contributed by atoms with Crippen LogP contribution >= 0.6 is 0 Å². The quantitative estimate of drug-likeness (QED) is 0.107. The Kier molecular flexibility index (Phi) is 10.4. The van der Waals surface area contributed by atoms with Gasteiger partial charge in [0, 0.05) is 52.7 Å². The van der Waals surface area contributed by atoms with Gasteiger partial charge in [0.15, 0.2) is 0 Å². The third-order valence-corrected chi connectivity index (χ3v) is 22.1. The standard InChI is InChI=1S/C54H73NO9/c1-32(33-10-3-4-11-33)35-15-16-41-47(60)48(18-7-8-19-48)29-49(30-57)44-17-21-50-20-6-5-12-34-13-9-14-36(28-56)39(34)24-43(55-2)40-23-37(51(50,31-58)42-25-45(59)64-46(40)42)27-53(50,62)52(44,61)26-38(22-35)54(41,49)63/h9,13-14,25,30,32-33,35,37-38,40-41,43-44,46-47,55-56,58,60-63H,3-4,6-8,10-11,15-24,26-29,31H2,1-2H3/t32-,35-,37-,38+,40+,41+,43+,44+,46+,47+,49-,50+,51+,52-,53+,54-/m0/s1. The van der Waals surface area contributed by atoms with Gasteiger partial charge >= 0.3 is 5.97 Å². The summed E-state index contributed by atoms with van der Waals surface area (Å²) < 4.78 is 6.32. The van der Waals surface area contributed by atoms with E-state index in [2.05, 4.69) is 24.1 Å². The fourth-order valence-corrected chi connectivity index (χ4v) is 19.5. The van der Waals surface area contributed by atoms with Gasteiger partial charge in [-0.05, 0) is 148 Å². The number of aliphatic hydroxyl groups is 6. The molecule has 11 aliphatic rings. The molecule has 8 fully saturated rings. The van der Waals surface area contributed by atoms with Gasteiger partial charge in [-0.15, -0.1) is 0 Å². The van der Waals surface area contributed by atoms with Crippen molar-refractivity contribution in [1.82, 2.24) is 5.32 Å². The van der Waals surface area contributed by atoms with E-state index >= 15 is 0 Å². The van der Waals surface area contributed by atoms with Gasteiger partial charge < -0.3 is 45.5 Å². The number of aldehydes is 1. The van der Waals surface area contributed by atoms with Crippen molar-refractivity contribution in [1.29, 1.82) is 0 Å². The topological polar surface area (TPSA) is 177 Å². The molecule has 0 aromatic heterocycles. The highest BCUT2D eigenvalue weighted by Crippen LogP contribution is 2.82. The SMILES string of the molecule is CN[C@@H]1Cc2c(cccc2CO)C#CCC[C@]23CC[C@H]4[C@@](O)(C[C@H]5C[C@@H]([C@@H](C)C6CCCC6)CC[C@@H]6[C@@H](O)C7(CCCC7)C[C@@]4(C=O)[C@]56O)[C@@]2(O)C[C@@H]2C[C@H]1[C@H]1OC(=O)C=C1[C@@]23CO. The molecule has 8 saturated carbocycles. The maximum Gasteiger partial charge on any atom is 0.331 e. The van der Waals surface area contributed by atoms with Crippen LogP contribution in [0.25, 0.3) is 0 Å². The summed E-state index contributed by atoms with van der Waals surface area (Å²) in [6, 6.07) is 5.60. The van der Waals surface area contributed by atoms with Crippen LogP contribution in [0.1, 0.15) is 146 Å². The van der Waals surface area contributed by atoms with E-state index < -0.39 is 74.4 Å². The summed E-state index contributed by atoms with van der Waals surface area (Å²) >= 11 is 0. The summed E-state index contributed by atoms with van der Waals surface area (Å²) in [5, 5.41) is 82.1. The van der Waals surface area contributed by atoms with E-state index in [0.29, 0.717) is 75.2 Å². The molecule has 16 atom stereocenters. The molecule has 1 aromatic carbocycles. The second-order valence-electron chi connectivity index (χ2n) is 23.5. The van der Waals surface area contributed by atoms with E-state index in [1.54, 1.807) is 6.08 Å². The number of fused-ring (bicyclic) bond motifs is 6. The number of likely N-dealkylation sites (N-methyl/N-ethyl adjacent to an activating group) is 1. The van der Waals surface area contributed by atoms with Crippen molar-refractivity contribution < 1.29 is 45.0 Å². The van der Waals surface area contributed by atoms with E-state index in [4.69, 9.17) is 4.74 Å². The van der Waals surface area contributed by atoms with Crippen LogP contribution in [0.5, 0.6) is 0 Å². The summed E-state index contributed by atoms with van der Waals surface area (Å²) in [6.07, 6.45) is 14.5. The lowest BCUT2D eigenvalue weighted by atomic mass is 9.33. The van der Waals surface area contributed by atoms with E-state index in [-0.39, 0.29) is 49.9 Å². The monoisotopic (exact) mass is 880 g/mol. The molecule has 10 aliphatic carbocycles. The van der Waals surface area contributed by atoms with Crippen molar-refractivity contribution in [2.75, 3.05) is 13.7 Å². The smallest absolute Gasteiger partial charge is 0.331 e. The van der Waals surface area contributed by atoms with Gasteiger partial charge in [-0.3, -0.25) is 0 Å². The summed E-state index contributed by atoms with van der Waals surface area (Å²) in [4.78, 5) is 28.5. The molecule has 64 heavy (non-hydrogen) atoms. The zero-order valence-corrected chi connectivity index (χ0v) is 38.2. The molecule has 2 spiro atoms. The molecule has 1 aliphatic heterocycles. The fourth-order valence-electron chi connectivity index (χ4n) is 19.5. The predicted octanol–water partition coefficient (Wildman–Crippen LogP) is 5.69. The molecule has 4 bridgehead atoms. The first-order valence-corrected chi connectivity index (χ1v) is 25.5. The molecule has 12 rings (SSSR count). The minimum atomic E-state index is -1.84. The van der Waals surface area contributed by atoms with Crippen molar-refractivity contribution in [3.8, 4) is 11.8 Å². The summed E-state index contributed by atoms with van der Waals surface area (Å²) in [6.45, 7) is 1.89. The number of carbonyl (C=O) groups is 2. The van der Waals surface area contributed by atoms with Crippen LogP contribution in [0.3, 0.4) is 0 Å². The van der Waals surface area contributed by atoms with Crippen molar-refractivity contribution in [2.45, 2.75) is 177 Å². The molecule has 7 N–H and O–H groups in total. The Balaban J connectivity index is 1.11. The zero-order valence-electron chi connectivity index (χ0n) is 38.2. The van der Waals surface area contributed by atoms with Gasteiger partial charge in [-0.1, -0.05) is 69.4 Å². The molecule has 1 aromatic rings. The van der Waals surface area contributed by atoms with Gasteiger partial charge in [0.1, 0.15) is 18.0 Å². The second-order valence-corrected chi connectivity index (χ2v) is 23.5. The minimum absolute atomic E-state index is 0.101. The van der Waals surface area contributed by atoms with Crippen molar-refractivity contribution in [2.24, 2.45) is 69.0 Å². The highest BCUT2D eigenvalue weighted by molar-refractivity contribution is 5.87. The van der Waals surface area contributed by atoms with E-state index in [1.165, 1.54) is 25.7 Å². The largest absolute Gasteiger partial charge is 0.454 e. The Hall–Kier alpha value is -2.62. The maximum atomic E-state index is 14.7. The van der Waals surface area contributed by atoms with E-state index in [0.717, 1.165) is 55.1 Å². The third kappa shape index (κ3) is 5.36. The van der Waals surface area contributed by atoms with E-state index in [1.807, 2.05) is 25.2 Å². The Morgan fingerprint density at radius 1 is 0.938 bits per heavy atom. The molecule has 1 heterocycles. The number of aliphatic hydroxyl groups excluding tert-OH is 3. The molecule has 0 unspecified atom stereocenters. The van der Waals surface area contributed by atoms with Crippen molar-refractivity contribution in [3.05, 3.63) is 46.5 Å². The molecule has 10 nitrogen and oxygen atoms in total. The number of ether oxygens (including phenoxy) is 1. The minimum Gasteiger partial charge on any atom is -0.454 e. The van der Waals surface area contributed by atoms with Crippen molar-refractivity contribution >= 4 is 12.3 Å². The number of benzene rings is 1. The Labute approximate surface area is 379 Å². The zero-order chi connectivity index (χ0) is 44.7. The molecular weight excluding hydrogens is 807 g/mol. The van der Waals surface area contributed by atoms with Gasteiger partial charge in [-0.25, -0.2) is 4.79 Å². The average Bonchev–Trinajstić information content (AvgIpc) is 4.10. The molecule has 10 heteroatoms. The number of esters is 1. The number of nitrogens with one attached hydrogen (secondary N) is 1. The molecular formula is C54H73NO9. The maximum absolute atomic E-state index is 14.7. The molecule has 0 radical (unpaired) electrons. The second kappa shape index (κ2) is 15.2. The fraction of sp³-hybridized carbons (Fsp3) is 0.778. The number of rotatable bonds is 6. The van der Waals surface area contributed by atoms with Crippen LogP contribution in [0, 0.1) is 80.8 Å². The predicted molar refractivity (Wildman–Crippen MR) is 239 cm³/mol. The number of hydrogen-bond acceptors (Lipinski definition) is 10. The van der Waals surface area contributed by atoms with Gasteiger partial charge in [0.2, 0.25) is 0 Å². The Bertz CT molecular complexity index is 2150. The van der Waals surface area contributed by atoms with E-state index in [9.17, 15) is 40.2 Å². The normalized spacial score (nSPS) is 48.1. The Morgan fingerprint density at radius 2 is 1.72 bits per heavy atom. The molecule has 0 saturated heterocycles. The summed E-state index contributed by atoms with van der Waals surface area (Å²) in [5.41, 5.74) is -6.23. The lowest BCUT2D eigenvalue weighted by Gasteiger charge is -2.74. The van der Waals surface area contributed by atoms with Gasteiger partial charge in [0.25, 0.3) is 0 Å². The molecule has 348 valence electrons. The highest BCUT2D eigenvalue weighted by atomic mass is 16.5. The third-order valence-electron chi connectivity index (χ3n) is 22.1. The van der Waals surface area contributed by atoms with Crippen LogP contribution in [0.4, 0.5) is 0 Å². The first-order chi connectivity index (χ1) is 30.8. The van der Waals surface area contributed by atoms with Crippen LogP contribution in [0.2, 0.25) is 0 Å². The molecule has 0 amide bonds. The number of carbonyl (C=O) groups excluding carboxylic acids is 2. The van der Waals surface area contributed by atoms with Crippen LogP contribution in [0.15, 0.2) is 29.8 Å². The van der Waals surface area contributed by atoms with Gasteiger partial charge in [0.05, 0.1) is 35.9 Å². The summed E-state index contributed by atoms with van der Waals surface area (Å²) in [7, 11) is 1.90. The lowest BCUT2D eigenvalue weighted by Crippen LogP contribution is -2.82. The highest BCUT2D eigenvalue weighted by Gasteiger charge is 2.86. The number of hydrogen-bond donors (Lipinski definition) is 7. The van der Waals surface area contributed by atoms with Crippen LogP contribution < -0.4 is 5.32 Å². The van der Waals surface area contributed by atoms with Crippen LogP contribution in [-0.4, -0.2) is 91.6 Å². The summed E-state index contributed by atoms with van der Waals surface area (Å²) in [5.74, 6) is 5.20. The first kappa shape index (κ1) is 43.9. The van der Waals surface area contributed by atoms with Crippen molar-refractivity contribution in [3.63, 3.8) is 0 Å². The van der Waals surface area contributed by atoms with Crippen LogP contribution in [-0.2, 0) is 27.4 Å².